The fourth-order valence-electron chi connectivity index (χ4n) is 1.52. The van der Waals surface area contributed by atoms with E-state index >= 15 is 0 Å². The highest BCUT2D eigenvalue weighted by Crippen LogP contribution is 2.26. The number of halogens is 1. The zero-order chi connectivity index (χ0) is 11.4. The second-order valence-corrected chi connectivity index (χ2v) is 3.73. The molecule has 0 heterocycles. The van der Waals surface area contributed by atoms with E-state index in [4.69, 9.17) is 16.7 Å². The molecule has 0 unspecified atom stereocenters. The average molecular weight is 228 g/mol. The number of rotatable bonds is 4. The molecule has 0 radical (unpaired) electrons. The summed E-state index contributed by atoms with van der Waals surface area (Å²) >= 11 is 5.99. The summed E-state index contributed by atoms with van der Waals surface area (Å²) in [7, 11) is 1.74. The van der Waals surface area contributed by atoms with Gasteiger partial charge in [-0.05, 0) is 18.6 Å². The number of hydrogen-bond donors (Lipinski definition) is 1. The first-order valence-electron chi connectivity index (χ1n) is 4.78. The lowest BCUT2D eigenvalue weighted by Gasteiger charge is -2.26. The SMILES string of the molecule is CC[C@H](C(=O)O)N(C)c1ccccc1Cl. The van der Waals surface area contributed by atoms with Crippen LogP contribution in [0.1, 0.15) is 13.3 Å². The van der Waals surface area contributed by atoms with Crippen LogP contribution in [0, 0.1) is 0 Å². The molecule has 0 amide bonds. The lowest BCUT2D eigenvalue weighted by Crippen LogP contribution is -2.38. The molecule has 0 bridgehead atoms. The molecule has 0 aliphatic carbocycles. The van der Waals surface area contributed by atoms with E-state index in [0.29, 0.717) is 11.4 Å². The minimum absolute atomic E-state index is 0.537. The van der Waals surface area contributed by atoms with Crippen molar-refractivity contribution in [1.82, 2.24) is 0 Å². The summed E-state index contributed by atoms with van der Waals surface area (Å²) < 4.78 is 0. The second-order valence-electron chi connectivity index (χ2n) is 3.32. The molecule has 1 N–H and O–H groups in total. The van der Waals surface area contributed by atoms with Crippen LogP contribution in [0.4, 0.5) is 5.69 Å². The van der Waals surface area contributed by atoms with Crippen molar-refractivity contribution in [2.45, 2.75) is 19.4 Å². The van der Waals surface area contributed by atoms with Gasteiger partial charge in [0.2, 0.25) is 0 Å². The molecule has 1 aromatic rings. The minimum Gasteiger partial charge on any atom is -0.480 e. The predicted octanol–water partition coefficient (Wildman–Crippen LogP) is 2.64. The average Bonchev–Trinajstić information content (AvgIpc) is 2.18. The van der Waals surface area contributed by atoms with E-state index in [1.165, 1.54) is 0 Å². The van der Waals surface area contributed by atoms with Crippen molar-refractivity contribution in [2.75, 3.05) is 11.9 Å². The molecule has 15 heavy (non-hydrogen) atoms. The quantitative estimate of drug-likeness (QED) is 0.860. The van der Waals surface area contributed by atoms with Crippen molar-refractivity contribution in [3.05, 3.63) is 29.3 Å². The molecule has 0 aliphatic rings. The highest BCUT2D eigenvalue weighted by molar-refractivity contribution is 6.33. The number of carbonyl (C=O) groups is 1. The summed E-state index contributed by atoms with van der Waals surface area (Å²) in [6.07, 6.45) is 0.539. The number of carboxylic acids is 1. The summed E-state index contributed by atoms with van der Waals surface area (Å²) in [5, 5.41) is 9.58. The van der Waals surface area contributed by atoms with E-state index in [2.05, 4.69) is 0 Å². The number of aliphatic carboxylic acids is 1. The van der Waals surface area contributed by atoms with Crippen molar-refractivity contribution >= 4 is 23.3 Å². The molecule has 0 saturated carbocycles. The molecule has 0 spiro atoms. The Hall–Kier alpha value is -1.22. The van der Waals surface area contributed by atoms with Crippen molar-refractivity contribution in [1.29, 1.82) is 0 Å². The third-order valence-electron chi connectivity index (χ3n) is 2.37. The Morgan fingerprint density at radius 3 is 2.60 bits per heavy atom. The number of anilines is 1. The standard InChI is InChI=1S/C11H14ClNO2/c1-3-9(11(14)15)13(2)10-7-5-4-6-8(10)12/h4-7,9H,3H2,1-2H3,(H,14,15)/t9-/m1/s1. The van der Waals surface area contributed by atoms with Crippen LogP contribution in [-0.2, 0) is 4.79 Å². The van der Waals surface area contributed by atoms with E-state index in [0.717, 1.165) is 5.69 Å². The topological polar surface area (TPSA) is 40.5 Å². The van der Waals surface area contributed by atoms with E-state index in [9.17, 15) is 4.79 Å². The van der Waals surface area contributed by atoms with Gasteiger partial charge in [-0.3, -0.25) is 0 Å². The van der Waals surface area contributed by atoms with Gasteiger partial charge in [0.15, 0.2) is 0 Å². The van der Waals surface area contributed by atoms with Gasteiger partial charge in [0, 0.05) is 7.05 Å². The molecular weight excluding hydrogens is 214 g/mol. The van der Waals surface area contributed by atoms with E-state index in [1.807, 2.05) is 25.1 Å². The Morgan fingerprint density at radius 2 is 2.13 bits per heavy atom. The molecule has 1 atom stereocenters. The summed E-state index contributed by atoms with van der Waals surface area (Å²) in [5.74, 6) is -0.833. The molecule has 1 aromatic carbocycles. The number of para-hydroxylation sites is 1. The summed E-state index contributed by atoms with van der Waals surface area (Å²) in [6.45, 7) is 1.84. The van der Waals surface area contributed by atoms with Crippen LogP contribution in [0.15, 0.2) is 24.3 Å². The minimum atomic E-state index is -0.833. The first-order chi connectivity index (χ1) is 7.07. The lowest BCUT2D eigenvalue weighted by molar-refractivity contribution is -0.138. The van der Waals surface area contributed by atoms with Gasteiger partial charge < -0.3 is 10.0 Å². The van der Waals surface area contributed by atoms with Gasteiger partial charge in [-0.25, -0.2) is 4.79 Å². The Bertz CT molecular complexity index is 354. The first kappa shape index (κ1) is 11.9. The Labute approximate surface area is 94.3 Å². The van der Waals surface area contributed by atoms with Crippen LogP contribution in [-0.4, -0.2) is 24.2 Å². The third-order valence-corrected chi connectivity index (χ3v) is 2.69. The fraction of sp³-hybridized carbons (Fsp3) is 0.364. The summed E-state index contributed by atoms with van der Waals surface area (Å²) in [6, 6.07) is 6.69. The molecule has 1 rings (SSSR count). The van der Waals surface area contributed by atoms with Crippen LogP contribution in [0.25, 0.3) is 0 Å². The molecule has 4 heteroatoms. The van der Waals surface area contributed by atoms with Crippen molar-refractivity contribution < 1.29 is 9.90 Å². The molecule has 0 aliphatic heterocycles. The van der Waals surface area contributed by atoms with Gasteiger partial charge in [-0.2, -0.15) is 0 Å². The van der Waals surface area contributed by atoms with Crippen molar-refractivity contribution in [2.24, 2.45) is 0 Å². The van der Waals surface area contributed by atoms with Gasteiger partial charge in [0.25, 0.3) is 0 Å². The normalized spacial score (nSPS) is 12.2. The number of hydrogen-bond acceptors (Lipinski definition) is 2. The van der Waals surface area contributed by atoms with Crippen LogP contribution < -0.4 is 4.90 Å². The van der Waals surface area contributed by atoms with Gasteiger partial charge >= 0.3 is 5.97 Å². The molecular formula is C11H14ClNO2. The van der Waals surface area contributed by atoms with Crippen LogP contribution in [0.2, 0.25) is 5.02 Å². The summed E-state index contributed by atoms with van der Waals surface area (Å²) in [5.41, 5.74) is 0.744. The highest BCUT2D eigenvalue weighted by atomic mass is 35.5. The zero-order valence-electron chi connectivity index (χ0n) is 8.77. The highest BCUT2D eigenvalue weighted by Gasteiger charge is 2.21. The number of benzene rings is 1. The maximum absolute atomic E-state index is 11.0. The van der Waals surface area contributed by atoms with E-state index < -0.39 is 12.0 Å². The Balaban J connectivity index is 2.97. The molecule has 0 fully saturated rings. The zero-order valence-corrected chi connectivity index (χ0v) is 9.53. The predicted molar refractivity (Wildman–Crippen MR) is 61.6 cm³/mol. The van der Waals surface area contributed by atoms with Gasteiger partial charge in [-0.15, -0.1) is 0 Å². The second kappa shape index (κ2) is 5.03. The maximum Gasteiger partial charge on any atom is 0.326 e. The van der Waals surface area contributed by atoms with Gasteiger partial charge in [0.05, 0.1) is 10.7 Å². The molecule has 82 valence electrons. The van der Waals surface area contributed by atoms with Crippen molar-refractivity contribution in [3.63, 3.8) is 0 Å². The van der Waals surface area contributed by atoms with Crippen LogP contribution in [0.3, 0.4) is 0 Å². The fourth-order valence-corrected chi connectivity index (χ4v) is 1.79. The molecule has 0 saturated heterocycles. The maximum atomic E-state index is 11.0. The van der Waals surface area contributed by atoms with Crippen LogP contribution in [0.5, 0.6) is 0 Å². The van der Waals surface area contributed by atoms with E-state index in [-0.39, 0.29) is 0 Å². The first-order valence-corrected chi connectivity index (χ1v) is 5.16. The number of carboxylic acid groups (broad SMARTS) is 1. The third kappa shape index (κ3) is 2.63. The van der Waals surface area contributed by atoms with Crippen molar-refractivity contribution in [3.8, 4) is 0 Å². The number of nitrogens with zero attached hydrogens (tertiary/aromatic N) is 1. The largest absolute Gasteiger partial charge is 0.480 e. The lowest BCUT2D eigenvalue weighted by atomic mass is 10.2. The van der Waals surface area contributed by atoms with Crippen LogP contribution >= 0.6 is 11.6 Å². The smallest absolute Gasteiger partial charge is 0.326 e. The molecule has 3 nitrogen and oxygen atoms in total. The van der Waals surface area contributed by atoms with E-state index in [1.54, 1.807) is 18.0 Å². The Kier molecular flexibility index (Phi) is 3.97. The van der Waals surface area contributed by atoms with Gasteiger partial charge in [0.1, 0.15) is 6.04 Å². The summed E-state index contributed by atoms with van der Waals surface area (Å²) in [4.78, 5) is 12.7. The van der Waals surface area contributed by atoms with Gasteiger partial charge in [-0.1, -0.05) is 30.7 Å². The monoisotopic (exact) mass is 227 g/mol. The molecule has 0 aromatic heterocycles. The number of likely N-dealkylation sites (N-methyl/N-ethyl adjacent to an activating group) is 1. The Morgan fingerprint density at radius 1 is 1.53 bits per heavy atom.